The largest absolute Gasteiger partial charge is 0.360 e. The van der Waals surface area contributed by atoms with E-state index >= 15 is 0 Å². The average Bonchev–Trinajstić information content (AvgIpc) is 2.68. The molecule has 1 saturated carbocycles. The van der Waals surface area contributed by atoms with Crippen LogP contribution >= 0.6 is 24.4 Å². The zero-order valence-corrected chi connectivity index (χ0v) is 17.4. The highest BCUT2D eigenvalue weighted by Gasteiger charge is 2.22. The number of hydrogen-bond acceptors (Lipinski definition) is 2. The Labute approximate surface area is 182 Å². The van der Waals surface area contributed by atoms with Crippen molar-refractivity contribution in [1.29, 1.82) is 0 Å². The van der Waals surface area contributed by atoms with Gasteiger partial charge in [0.15, 0.2) is 10.2 Å². The van der Waals surface area contributed by atoms with E-state index in [1.54, 1.807) is 0 Å². The molecule has 0 aromatic heterocycles. The lowest BCUT2D eigenvalue weighted by molar-refractivity contribution is 0.356. The Bertz CT molecular complexity index is 858. The fraction of sp³-hybridized carbons (Fsp3) is 0.300. The first-order chi connectivity index (χ1) is 14.3. The van der Waals surface area contributed by atoms with Gasteiger partial charge >= 0.3 is 0 Å². The van der Waals surface area contributed by atoms with Gasteiger partial charge in [-0.2, -0.15) is 0 Å². The van der Waals surface area contributed by atoms with Crippen molar-refractivity contribution < 1.29 is 17.6 Å². The predicted octanol–water partition coefficient (Wildman–Crippen LogP) is 4.83. The van der Waals surface area contributed by atoms with Crippen LogP contribution in [0.4, 0.5) is 28.9 Å². The first-order valence-corrected chi connectivity index (χ1v) is 10.2. The SMILES string of the molecule is Fc1ccc(NC(=S)NC2CCC(NC(=S)Nc3ccc(F)cc3F)CC2)c(F)c1. The van der Waals surface area contributed by atoms with Gasteiger partial charge in [0.05, 0.1) is 11.4 Å². The Morgan fingerprint density at radius 3 is 1.37 bits per heavy atom. The quantitative estimate of drug-likeness (QED) is 0.391. The van der Waals surface area contributed by atoms with Gasteiger partial charge in [-0.1, -0.05) is 0 Å². The lowest BCUT2D eigenvalue weighted by Gasteiger charge is -2.31. The summed E-state index contributed by atoms with van der Waals surface area (Å²) < 4.78 is 53.4. The first-order valence-electron chi connectivity index (χ1n) is 9.35. The van der Waals surface area contributed by atoms with Gasteiger partial charge in [-0.05, 0) is 74.4 Å². The van der Waals surface area contributed by atoms with Crippen LogP contribution in [0.25, 0.3) is 0 Å². The molecule has 10 heteroatoms. The van der Waals surface area contributed by atoms with Crippen molar-refractivity contribution in [3.8, 4) is 0 Å². The summed E-state index contributed by atoms with van der Waals surface area (Å²) >= 11 is 10.4. The third-order valence-electron chi connectivity index (χ3n) is 4.76. The van der Waals surface area contributed by atoms with Gasteiger partial charge < -0.3 is 21.3 Å². The third-order valence-corrected chi connectivity index (χ3v) is 5.20. The monoisotopic (exact) mass is 456 g/mol. The number of thiocarbonyl (C=S) groups is 2. The van der Waals surface area contributed by atoms with Crippen molar-refractivity contribution in [3.63, 3.8) is 0 Å². The van der Waals surface area contributed by atoms with Crippen LogP contribution in [0.5, 0.6) is 0 Å². The number of nitrogens with one attached hydrogen (secondary N) is 4. The predicted molar refractivity (Wildman–Crippen MR) is 117 cm³/mol. The summed E-state index contributed by atoms with van der Waals surface area (Å²) in [5.41, 5.74) is 0.211. The molecule has 0 atom stereocenters. The molecule has 0 bridgehead atoms. The molecule has 2 aromatic carbocycles. The number of rotatable bonds is 4. The van der Waals surface area contributed by atoms with Crippen LogP contribution in [0.2, 0.25) is 0 Å². The van der Waals surface area contributed by atoms with Gasteiger partial charge in [0.1, 0.15) is 23.3 Å². The smallest absolute Gasteiger partial charge is 0.171 e. The summed E-state index contributed by atoms with van der Waals surface area (Å²) in [5, 5.41) is 12.3. The number of hydrogen-bond donors (Lipinski definition) is 4. The lowest BCUT2D eigenvalue weighted by Crippen LogP contribution is -2.45. The van der Waals surface area contributed by atoms with E-state index in [2.05, 4.69) is 21.3 Å². The highest BCUT2D eigenvalue weighted by molar-refractivity contribution is 7.80. The molecule has 1 aliphatic rings. The molecule has 1 fully saturated rings. The van der Waals surface area contributed by atoms with Crippen molar-refractivity contribution >= 4 is 46.0 Å². The van der Waals surface area contributed by atoms with Crippen molar-refractivity contribution in [2.24, 2.45) is 0 Å². The molecule has 4 nitrogen and oxygen atoms in total. The molecule has 160 valence electrons. The maximum atomic E-state index is 13.7. The maximum absolute atomic E-state index is 13.7. The van der Waals surface area contributed by atoms with Crippen molar-refractivity contribution in [2.75, 3.05) is 10.6 Å². The third kappa shape index (κ3) is 6.27. The molecule has 0 aliphatic heterocycles. The van der Waals surface area contributed by atoms with Gasteiger partial charge in [-0.15, -0.1) is 0 Å². The van der Waals surface area contributed by atoms with Crippen LogP contribution in [0.15, 0.2) is 36.4 Å². The van der Waals surface area contributed by atoms with Crippen LogP contribution in [-0.2, 0) is 0 Å². The molecule has 3 rings (SSSR count). The van der Waals surface area contributed by atoms with E-state index in [9.17, 15) is 17.6 Å². The van der Waals surface area contributed by atoms with E-state index in [1.807, 2.05) is 0 Å². The molecular formula is C20H20F4N4S2. The molecule has 0 unspecified atom stereocenters. The van der Waals surface area contributed by atoms with Gasteiger partial charge in [0, 0.05) is 24.2 Å². The molecule has 0 spiro atoms. The molecule has 30 heavy (non-hydrogen) atoms. The summed E-state index contributed by atoms with van der Waals surface area (Å²) in [6, 6.07) is 6.66. The average molecular weight is 457 g/mol. The molecule has 1 aliphatic carbocycles. The Kier molecular flexibility index (Phi) is 7.43. The molecule has 4 N–H and O–H groups in total. The van der Waals surface area contributed by atoms with E-state index < -0.39 is 23.3 Å². The second kappa shape index (κ2) is 10.0. The molecular weight excluding hydrogens is 436 g/mol. The van der Waals surface area contributed by atoms with E-state index in [1.165, 1.54) is 12.1 Å². The Hall–Kier alpha value is -2.46. The van der Waals surface area contributed by atoms with Crippen LogP contribution in [0.3, 0.4) is 0 Å². The summed E-state index contributed by atoms with van der Waals surface area (Å²) in [7, 11) is 0. The summed E-state index contributed by atoms with van der Waals surface area (Å²) in [4.78, 5) is 0. The van der Waals surface area contributed by atoms with Crippen LogP contribution in [0.1, 0.15) is 25.7 Å². The van der Waals surface area contributed by atoms with Crippen molar-refractivity contribution in [2.45, 2.75) is 37.8 Å². The Morgan fingerprint density at radius 1 is 0.667 bits per heavy atom. The number of anilines is 2. The Morgan fingerprint density at radius 2 is 1.03 bits per heavy atom. The van der Waals surface area contributed by atoms with E-state index in [0.29, 0.717) is 0 Å². The minimum absolute atomic E-state index is 0.0997. The standard InChI is InChI=1S/C20H20F4N4S2/c21-11-1-7-17(15(23)9-11)27-19(29)25-13-3-5-14(6-4-13)26-20(30)28-18-8-2-12(22)10-16(18)24/h1-2,7-10,13-14H,3-6H2,(H2,25,27,29)(H2,26,28,30). The van der Waals surface area contributed by atoms with Gasteiger partial charge in [0.2, 0.25) is 0 Å². The van der Waals surface area contributed by atoms with E-state index in [0.717, 1.165) is 49.9 Å². The lowest BCUT2D eigenvalue weighted by atomic mass is 9.91. The van der Waals surface area contributed by atoms with Crippen molar-refractivity contribution in [3.05, 3.63) is 59.7 Å². The number of benzene rings is 2. The van der Waals surface area contributed by atoms with Gasteiger partial charge in [0.25, 0.3) is 0 Å². The highest BCUT2D eigenvalue weighted by Crippen LogP contribution is 2.20. The topological polar surface area (TPSA) is 48.1 Å². The summed E-state index contributed by atoms with van der Waals surface area (Å²) in [6.45, 7) is 0. The molecule has 0 heterocycles. The normalized spacial score (nSPS) is 18.4. The second-order valence-electron chi connectivity index (χ2n) is 6.99. The molecule has 0 amide bonds. The van der Waals surface area contributed by atoms with Crippen LogP contribution < -0.4 is 21.3 Å². The zero-order valence-electron chi connectivity index (χ0n) is 15.8. The fourth-order valence-electron chi connectivity index (χ4n) is 3.25. The van der Waals surface area contributed by atoms with E-state index in [4.69, 9.17) is 24.4 Å². The summed E-state index contributed by atoms with van der Waals surface area (Å²) in [6.07, 6.45) is 3.16. The van der Waals surface area contributed by atoms with E-state index in [-0.39, 0.29) is 33.7 Å². The first kappa shape index (κ1) is 22.2. The highest BCUT2D eigenvalue weighted by atomic mass is 32.1. The zero-order chi connectivity index (χ0) is 21.7. The minimum Gasteiger partial charge on any atom is -0.360 e. The number of halogens is 4. The summed E-state index contributed by atoms with van der Waals surface area (Å²) in [5.74, 6) is -2.74. The Balaban J connectivity index is 1.42. The fourth-order valence-corrected chi connectivity index (χ4v) is 3.80. The van der Waals surface area contributed by atoms with Crippen molar-refractivity contribution in [1.82, 2.24) is 10.6 Å². The van der Waals surface area contributed by atoms with Crippen LogP contribution in [-0.4, -0.2) is 22.3 Å². The second-order valence-corrected chi connectivity index (χ2v) is 7.81. The minimum atomic E-state index is -0.717. The van der Waals surface area contributed by atoms with Crippen LogP contribution in [0, 0.1) is 23.3 Å². The molecule has 0 saturated heterocycles. The van der Waals surface area contributed by atoms with Gasteiger partial charge in [-0.25, -0.2) is 17.6 Å². The maximum Gasteiger partial charge on any atom is 0.171 e. The molecule has 0 radical (unpaired) electrons. The van der Waals surface area contributed by atoms with Gasteiger partial charge in [-0.3, -0.25) is 0 Å². The molecule has 2 aromatic rings.